The zero-order chi connectivity index (χ0) is 25.1. The van der Waals surface area contributed by atoms with Crippen LogP contribution >= 0.6 is 0 Å². The number of ketones is 2. The van der Waals surface area contributed by atoms with Crippen LogP contribution in [0.15, 0.2) is 48.6 Å². The van der Waals surface area contributed by atoms with E-state index >= 15 is 0 Å². The third-order valence-corrected chi connectivity index (χ3v) is 4.82. The Morgan fingerprint density at radius 3 is 2.03 bits per heavy atom. The van der Waals surface area contributed by atoms with Gasteiger partial charge in [-0.25, -0.2) is 4.79 Å². The maximum Gasteiger partial charge on any atom is 0.407 e. The molecule has 0 atom stereocenters. The molecule has 0 fully saturated rings. The van der Waals surface area contributed by atoms with Crippen molar-refractivity contribution >= 4 is 29.8 Å². The van der Waals surface area contributed by atoms with Crippen molar-refractivity contribution in [3.8, 4) is 17.2 Å². The zero-order valence-corrected chi connectivity index (χ0v) is 19.1. The van der Waals surface area contributed by atoms with Gasteiger partial charge in [0.15, 0.2) is 23.1 Å². The summed E-state index contributed by atoms with van der Waals surface area (Å²) in [4.78, 5) is 36.8. The molecule has 4 N–H and O–H groups in total. The van der Waals surface area contributed by atoms with E-state index in [1.165, 1.54) is 43.4 Å². The molecule has 0 heterocycles. The van der Waals surface area contributed by atoms with E-state index < -0.39 is 6.09 Å². The molecule has 0 saturated carbocycles. The number of methoxy groups -OCH3 is 2. The van der Waals surface area contributed by atoms with Gasteiger partial charge in [0, 0.05) is 18.7 Å². The molecule has 2 rings (SSSR count). The van der Waals surface area contributed by atoms with Crippen LogP contribution in [0.1, 0.15) is 23.1 Å². The summed E-state index contributed by atoms with van der Waals surface area (Å²) in [6.07, 6.45) is 4.32. The quantitative estimate of drug-likeness (QED) is 0.319. The minimum Gasteiger partial charge on any atom is -0.504 e. The van der Waals surface area contributed by atoms with Gasteiger partial charge in [-0.2, -0.15) is 0 Å². The summed E-state index contributed by atoms with van der Waals surface area (Å²) in [7, 11) is 2.90. The molecule has 1 amide bonds. The number of nitrogens with two attached hydrogens (primary N) is 1. The summed E-state index contributed by atoms with van der Waals surface area (Å²) in [5.41, 5.74) is 7.43. The summed E-state index contributed by atoms with van der Waals surface area (Å²) in [6.45, 7) is 0.512. The molecule has 180 valence electrons. The van der Waals surface area contributed by atoms with E-state index in [1.807, 2.05) is 0 Å². The van der Waals surface area contributed by atoms with Gasteiger partial charge in [-0.05, 0) is 41.5 Å². The standard InChI is InChI=1S/C25H28N2O7/c1-33-23-13-17(3-7-19(23)16-27(12-11-26)25(31)32)4-8-20(28)15-21(29)9-5-18-6-10-22(30)24(14-18)34-2/h3-10,13-14,30H,11-12,15-16,26H2,1-2H3,(H,31,32). The molecule has 0 radical (unpaired) electrons. The number of carboxylic acid groups (broad SMARTS) is 1. The number of allylic oxidation sites excluding steroid dienone is 2. The van der Waals surface area contributed by atoms with Crippen molar-refractivity contribution in [3.05, 3.63) is 65.2 Å². The van der Waals surface area contributed by atoms with Crippen LogP contribution in [0.5, 0.6) is 17.2 Å². The minimum absolute atomic E-state index is 0.00859. The first kappa shape index (κ1) is 26.1. The topological polar surface area (TPSA) is 139 Å². The number of ether oxygens (including phenoxy) is 2. The van der Waals surface area contributed by atoms with E-state index in [2.05, 4.69) is 0 Å². The largest absolute Gasteiger partial charge is 0.504 e. The molecule has 0 aliphatic heterocycles. The smallest absolute Gasteiger partial charge is 0.407 e. The Balaban J connectivity index is 2.00. The van der Waals surface area contributed by atoms with E-state index in [9.17, 15) is 24.6 Å². The Morgan fingerprint density at radius 2 is 1.50 bits per heavy atom. The van der Waals surface area contributed by atoms with Gasteiger partial charge in [0.25, 0.3) is 0 Å². The average Bonchev–Trinajstić information content (AvgIpc) is 2.82. The molecule has 9 nitrogen and oxygen atoms in total. The van der Waals surface area contributed by atoms with E-state index in [0.717, 1.165) is 0 Å². The van der Waals surface area contributed by atoms with Crippen LogP contribution in [0.2, 0.25) is 0 Å². The van der Waals surface area contributed by atoms with E-state index in [4.69, 9.17) is 15.2 Å². The van der Waals surface area contributed by atoms with Gasteiger partial charge in [-0.15, -0.1) is 0 Å². The predicted molar refractivity (Wildman–Crippen MR) is 128 cm³/mol. The van der Waals surface area contributed by atoms with Crippen LogP contribution < -0.4 is 15.2 Å². The molecule has 0 aromatic heterocycles. The minimum atomic E-state index is -1.08. The number of phenolic OH excluding ortho intramolecular Hbond substituents is 1. The SMILES string of the molecule is COc1cc(C=CC(=O)CC(=O)C=Cc2ccc(CN(CCN)C(=O)O)c(OC)c2)ccc1O. The number of nitrogens with zero attached hydrogens (tertiary/aromatic N) is 1. The van der Waals surface area contributed by atoms with Crippen LogP contribution in [0, 0.1) is 0 Å². The van der Waals surface area contributed by atoms with Gasteiger partial charge < -0.3 is 30.3 Å². The number of carbonyl (C=O) groups excluding carboxylic acids is 2. The van der Waals surface area contributed by atoms with E-state index in [-0.39, 0.29) is 49.1 Å². The lowest BCUT2D eigenvalue weighted by molar-refractivity contribution is -0.121. The normalized spacial score (nSPS) is 11.0. The first-order valence-corrected chi connectivity index (χ1v) is 10.4. The first-order chi connectivity index (χ1) is 16.3. The third kappa shape index (κ3) is 7.79. The number of benzene rings is 2. The fraction of sp³-hybridized carbons (Fsp3) is 0.240. The monoisotopic (exact) mass is 468 g/mol. The van der Waals surface area contributed by atoms with E-state index in [1.54, 1.807) is 36.4 Å². The molecule has 2 aromatic rings. The first-order valence-electron chi connectivity index (χ1n) is 10.4. The summed E-state index contributed by atoms with van der Waals surface area (Å²) in [5, 5.41) is 18.9. The van der Waals surface area contributed by atoms with E-state index in [0.29, 0.717) is 22.4 Å². The highest BCUT2D eigenvalue weighted by Gasteiger charge is 2.14. The van der Waals surface area contributed by atoms with Gasteiger partial charge in [0.1, 0.15) is 5.75 Å². The molecule has 0 spiro atoms. The van der Waals surface area contributed by atoms with Crippen molar-refractivity contribution in [1.82, 2.24) is 4.90 Å². The Hall–Kier alpha value is -4.11. The van der Waals surface area contributed by atoms with Crippen LogP contribution in [0.4, 0.5) is 4.79 Å². The van der Waals surface area contributed by atoms with Crippen molar-refractivity contribution in [2.75, 3.05) is 27.3 Å². The van der Waals surface area contributed by atoms with Crippen molar-refractivity contribution < 1.29 is 34.1 Å². The van der Waals surface area contributed by atoms with Crippen molar-refractivity contribution in [2.24, 2.45) is 5.73 Å². The lowest BCUT2D eigenvalue weighted by Crippen LogP contribution is -2.33. The molecule has 0 unspecified atom stereocenters. The maximum absolute atomic E-state index is 12.2. The van der Waals surface area contributed by atoms with Crippen molar-refractivity contribution in [2.45, 2.75) is 13.0 Å². The Bertz CT molecular complexity index is 1090. The second-order valence-corrected chi connectivity index (χ2v) is 7.27. The number of aromatic hydroxyl groups is 1. The van der Waals surface area contributed by atoms with Crippen LogP contribution in [-0.4, -0.2) is 60.1 Å². The summed E-state index contributed by atoms with van der Waals surface area (Å²) in [5.74, 6) is 0.00120. The van der Waals surface area contributed by atoms with Gasteiger partial charge >= 0.3 is 6.09 Å². The highest BCUT2D eigenvalue weighted by Crippen LogP contribution is 2.27. The third-order valence-electron chi connectivity index (χ3n) is 4.82. The van der Waals surface area contributed by atoms with Crippen molar-refractivity contribution in [3.63, 3.8) is 0 Å². The number of hydrogen-bond donors (Lipinski definition) is 3. The summed E-state index contributed by atoms with van der Waals surface area (Å²) >= 11 is 0. The highest BCUT2D eigenvalue weighted by molar-refractivity contribution is 6.10. The number of amides is 1. The predicted octanol–water partition coefficient (Wildman–Crippen LogP) is 3.10. The molecule has 2 aromatic carbocycles. The molecule has 0 bridgehead atoms. The fourth-order valence-corrected chi connectivity index (χ4v) is 3.07. The maximum atomic E-state index is 12.2. The number of carbonyl (C=O) groups is 3. The van der Waals surface area contributed by atoms with Crippen LogP contribution in [0.25, 0.3) is 12.2 Å². The van der Waals surface area contributed by atoms with Gasteiger partial charge in [-0.3, -0.25) is 9.59 Å². The van der Waals surface area contributed by atoms with Gasteiger partial charge in [-0.1, -0.05) is 30.4 Å². The summed E-state index contributed by atoms with van der Waals surface area (Å²) < 4.78 is 10.4. The Kier molecular flexibility index (Phi) is 9.85. The lowest BCUT2D eigenvalue weighted by Gasteiger charge is -2.20. The van der Waals surface area contributed by atoms with Gasteiger partial charge in [0.05, 0.1) is 27.2 Å². The highest BCUT2D eigenvalue weighted by atomic mass is 16.5. The molecular weight excluding hydrogens is 440 g/mol. The number of hydrogen-bond acceptors (Lipinski definition) is 7. The lowest BCUT2D eigenvalue weighted by atomic mass is 10.1. The zero-order valence-electron chi connectivity index (χ0n) is 19.1. The average molecular weight is 469 g/mol. The van der Waals surface area contributed by atoms with Crippen LogP contribution in [-0.2, 0) is 16.1 Å². The molecule has 0 saturated heterocycles. The molecule has 34 heavy (non-hydrogen) atoms. The molecule has 0 aliphatic carbocycles. The molecule has 9 heteroatoms. The number of rotatable bonds is 12. The molecular formula is C25H28N2O7. The summed E-state index contributed by atoms with van der Waals surface area (Å²) in [6, 6.07) is 9.77. The Morgan fingerprint density at radius 1 is 0.941 bits per heavy atom. The van der Waals surface area contributed by atoms with Crippen LogP contribution in [0.3, 0.4) is 0 Å². The second-order valence-electron chi connectivity index (χ2n) is 7.27. The fourth-order valence-electron chi connectivity index (χ4n) is 3.07. The second kappa shape index (κ2) is 12.8. The Labute approximate surface area is 197 Å². The van der Waals surface area contributed by atoms with Crippen molar-refractivity contribution in [1.29, 1.82) is 0 Å². The molecule has 0 aliphatic rings. The number of phenols is 1. The van der Waals surface area contributed by atoms with Gasteiger partial charge in [0.2, 0.25) is 0 Å².